The van der Waals surface area contributed by atoms with Crippen molar-refractivity contribution in [3.05, 3.63) is 16.7 Å². The van der Waals surface area contributed by atoms with Crippen molar-refractivity contribution in [1.82, 2.24) is 30.3 Å². The Kier molecular flexibility index (Phi) is 5.19. The number of hydrogen-bond acceptors (Lipinski definition) is 8. The fourth-order valence-electron chi connectivity index (χ4n) is 2.38. The minimum atomic E-state index is -0.0805. The number of aromatic amines is 1. The molecule has 0 aliphatic carbocycles. The molecule has 9 heteroatoms. The molecule has 0 unspecified atom stereocenters. The van der Waals surface area contributed by atoms with E-state index in [4.69, 9.17) is 9.47 Å². The molecule has 0 bridgehead atoms. The number of rotatable bonds is 6. The summed E-state index contributed by atoms with van der Waals surface area (Å²) in [6.07, 6.45) is -0.0805. The van der Waals surface area contributed by atoms with Gasteiger partial charge in [-0.3, -0.25) is 10.00 Å². The fourth-order valence-corrected chi connectivity index (χ4v) is 3.17. The van der Waals surface area contributed by atoms with E-state index < -0.39 is 0 Å². The zero-order valence-corrected chi connectivity index (χ0v) is 14.5. The Bertz CT molecular complexity index is 628. The lowest BCUT2D eigenvalue weighted by Gasteiger charge is -2.30. The maximum absolute atomic E-state index is 5.84. The van der Waals surface area contributed by atoms with Gasteiger partial charge in [-0.05, 0) is 6.92 Å². The summed E-state index contributed by atoms with van der Waals surface area (Å²) in [5, 5.41) is 17.0. The third-order valence-corrected chi connectivity index (χ3v) is 4.39. The van der Waals surface area contributed by atoms with E-state index in [-0.39, 0.29) is 6.10 Å². The molecule has 0 radical (unpaired) electrons. The Labute approximate surface area is 139 Å². The highest BCUT2D eigenvalue weighted by atomic mass is 32.1. The van der Waals surface area contributed by atoms with E-state index in [1.807, 2.05) is 6.92 Å². The second kappa shape index (κ2) is 7.33. The average molecular weight is 338 g/mol. The van der Waals surface area contributed by atoms with Gasteiger partial charge in [0.1, 0.15) is 11.1 Å². The van der Waals surface area contributed by atoms with Gasteiger partial charge >= 0.3 is 0 Å². The van der Waals surface area contributed by atoms with Gasteiger partial charge in [0.05, 0.1) is 19.8 Å². The highest BCUT2D eigenvalue weighted by molar-refractivity contribution is 7.13. The van der Waals surface area contributed by atoms with Crippen LogP contribution in [0.25, 0.3) is 0 Å². The number of ether oxygens (including phenoxy) is 2. The fraction of sp³-hybridized carbons (Fsp3) is 0.714. The van der Waals surface area contributed by atoms with Crippen LogP contribution < -0.4 is 4.74 Å². The second-order valence-electron chi connectivity index (χ2n) is 5.72. The number of hydrogen-bond donors (Lipinski definition) is 1. The summed E-state index contributed by atoms with van der Waals surface area (Å²) in [4.78, 5) is 6.83. The zero-order chi connectivity index (χ0) is 16.2. The largest absolute Gasteiger partial charge is 0.469 e. The first-order valence-electron chi connectivity index (χ1n) is 7.87. The van der Waals surface area contributed by atoms with Crippen LogP contribution in [-0.2, 0) is 11.3 Å². The lowest BCUT2D eigenvalue weighted by atomic mass is 10.2. The predicted octanol–water partition coefficient (Wildman–Crippen LogP) is 1.75. The minimum absolute atomic E-state index is 0.0805. The molecule has 1 aliphatic heterocycles. The van der Waals surface area contributed by atoms with E-state index in [9.17, 15) is 0 Å². The van der Waals surface area contributed by atoms with E-state index in [0.29, 0.717) is 24.3 Å². The van der Waals surface area contributed by atoms with Crippen LogP contribution in [0.2, 0.25) is 0 Å². The standard InChI is InChI=1S/C14H22N6O2S/c1-4-21-14-19-16-11(23-14)8-20-5-6-22-10(7-20)13-15-12(9(2)3)17-18-13/h9-10H,4-8H2,1-3H3,(H,15,17,18)/t10-/m0/s1. The van der Waals surface area contributed by atoms with Crippen molar-refractivity contribution in [2.24, 2.45) is 0 Å². The number of aromatic nitrogens is 5. The normalized spacial score (nSPS) is 19.4. The first kappa shape index (κ1) is 16.3. The van der Waals surface area contributed by atoms with Crippen molar-refractivity contribution < 1.29 is 9.47 Å². The molecule has 1 N–H and O–H groups in total. The summed E-state index contributed by atoms with van der Waals surface area (Å²) in [5.74, 6) is 1.93. The van der Waals surface area contributed by atoms with Gasteiger partial charge in [-0.25, -0.2) is 4.98 Å². The van der Waals surface area contributed by atoms with Crippen LogP contribution in [-0.4, -0.2) is 56.6 Å². The monoisotopic (exact) mass is 338 g/mol. The third-order valence-electron chi connectivity index (χ3n) is 3.57. The van der Waals surface area contributed by atoms with E-state index in [1.165, 1.54) is 11.3 Å². The van der Waals surface area contributed by atoms with Crippen molar-refractivity contribution in [1.29, 1.82) is 0 Å². The molecule has 1 fully saturated rings. The predicted molar refractivity (Wildman–Crippen MR) is 85.5 cm³/mol. The van der Waals surface area contributed by atoms with Gasteiger partial charge in [0.2, 0.25) is 0 Å². The topological polar surface area (TPSA) is 89.1 Å². The van der Waals surface area contributed by atoms with Crippen LogP contribution in [0.3, 0.4) is 0 Å². The number of nitrogens with zero attached hydrogens (tertiary/aromatic N) is 5. The molecule has 1 atom stereocenters. The van der Waals surface area contributed by atoms with Crippen molar-refractivity contribution in [3.63, 3.8) is 0 Å². The summed E-state index contributed by atoms with van der Waals surface area (Å²) in [7, 11) is 0. The zero-order valence-electron chi connectivity index (χ0n) is 13.7. The van der Waals surface area contributed by atoms with E-state index in [2.05, 4.69) is 44.1 Å². The molecule has 0 spiro atoms. The number of H-pyrrole nitrogens is 1. The Balaban J connectivity index is 1.60. The van der Waals surface area contributed by atoms with Crippen molar-refractivity contribution >= 4 is 11.3 Å². The van der Waals surface area contributed by atoms with Gasteiger partial charge in [0.25, 0.3) is 5.19 Å². The SMILES string of the molecule is CCOc1nnc(CN2CCO[C@H](c3nc(C(C)C)n[nH]3)C2)s1. The summed E-state index contributed by atoms with van der Waals surface area (Å²) >= 11 is 1.49. The first-order chi connectivity index (χ1) is 11.2. The summed E-state index contributed by atoms with van der Waals surface area (Å²) in [6.45, 7) is 9.74. The van der Waals surface area contributed by atoms with Gasteiger partial charge in [0.15, 0.2) is 11.6 Å². The Morgan fingerprint density at radius 3 is 3.04 bits per heavy atom. The van der Waals surface area contributed by atoms with E-state index in [0.717, 1.165) is 36.3 Å². The van der Waals surface area contributed by atoms with Gasteiger partial charge in [-0.1, -0.05) is 25.2 Å². The van der Waals surface area contributed by atoms with Crippen molar-refractivity contribution in [2.75, 3.05) is 26.3 Å². The molecule has 8 nitrogen and oxygen atoms in total. The molecular weight excluding hydrogens is 316 g/mol. The molecule has 1 saturated heterocycles. The lowest BCUT2D eigenvalue weighted by molar-refractivity contribution is -0.0371. The van der Waals surface area contributed by atoms with E-state index >= 15 is 0 Å². The molecule has 1 aliphatic rings. The third kappa shape index (κ3) is 4.04. The summed E-state index contributed by atoms with van der Waals surface area (Å²) < 4.78 is 11.2. The molecule has 23 heavy (non-hydrogen) atoms. The van der Waals surface area contributed by atoms with Crippen LogP contribution in [0.15, 0.2) is 0 Å². The van der Waals surface area contributed by atoms with Gasteiger partial charge in [0, 0.05) is 19.0 Å². The molecule has 3 heterocycles. The first-order valence-corrected chi connectivity index (χ1v) is 8.68. The van der Waals surface area contributed by atoms with Gasteiger partial charge in [-0.15, -0.1) is 10.2 Å². The van der Waals surface area contributed by atoms with Gasteiger partial charge in [-0.2, -0.15) is 5.10 Å². The molecule has 0 saturated carbocycles. The quantitative estimate of drug-likeness (QED) is 0.858. The van der Waals surface area contributed by atoms with Crippen molar-refractivity contribution in [2.45, 2.75) is 39.3 Å². The Morgan fingerprint density at radius 1 is 1.43 bits per heavy atom. The maximum Gasteiger partial charge on any atom is 0.294 e. The number of nitrogens with one attached hydrogen (secondary N) is 1. The molecule has 126 valence electrons. The molecule has 2 aromatic heterocycles. The average Bonchev–Trinajstić information content (AvgIpc) is 3.17. The maximum atomic E-state index is 5.84. The highest BCUT2D eigenvalue weighted by Gasteiger charge is 2.26. The molecular formula is C14H22N6O2S. The highest BCUT2D eigenvalue weighted by Crippen LogP contribution is 2.24. The van der Waals surface area contributed by atoms with Crippen LogP contribution in [0.4, 0.5) is 0 Å². The lowest BCUT2D eigenvalue weighted by Crippen LogP contribution is -2.38. The second-order valence-corrected chi connectivity index (χ2v) is 6.75. The minimum Gasteiger partial charge on any atom is -0.469 e. The van der Waals surface area contributed by atoms with Crippen molar-refractivity contribution in [3.8, 4) is 5.19 Å². The smallest absolute Gasteiger partial charge is 0.294 e. The number of morpholine rings is 1. The van der Waals surface area contributed by atoms with Crippen LogP contribution in [0.5, 0.6) is 5.19 Å². The van der Waals surface area contributed by atoms with Gasteiger partial charge < -0.3 is 9.47 Å². The molecule has 3 rings (SSSR count). The summed E-state index contributed by atoms with van der Waals surface area (Å²) in [5.41, 5.74) is 0. The Morgan fingerprint density at radius 2 is 2.30 bits per heavy atom. The summed E-state index contributed by atoms with van der Waals surface area (Å²) in [6, 6.07) is 0. The van der Waals surface area contributed by atoms with E-state index in [1.54, 1.807) is 0 Å². The van der Waals surface area contributed by atoms with Crippen LogP contribution in [0.1, 0.15) is 49.4 Å². The van der Waals surface area contributed by atoms with Crippen LogP contribution in [0, 0.1) is 0 Å². The molecule has 0 aromatic carbocycles. The Hall–Kier alpha value is -1.58. The molecule has 2 aromatic rings. The van der Waals surface area contributed by atoms with Crippen LogP contribution >= 0.6 is 11.3 Å². The molecule has 0 amide bonds.